The second-order valence-corrected chi connectivity index (χ2v) is 12.5. The Labute approximate surface area is 225 Å². The molecule has 1 nitrogen and oxygen atoms in total. The molecule has 206 valence electrons. The average molecular weight is 497 g/mol. The number of aryl methyl sites for hydroxylation is 1. The molecule has 0 spiro atoms. The second-order valence-electron chi connectivity index (χ2n) is 12.5. The molecule has 0 amide bonds. The van der Waals surface area contributed by atoms with E-state index in [1.54, 1.807) is 5.56 Å². The van der Waals surface area contributed by atoms with Crippen LogP contribution < -0.4 is 0 Å². The zero-order valence-electron chi connectivity index (χ0n) is 24.3. The molecule has 0 aliphatic heterocycles. The Morgan fingerprint density at radius 1 is 0.583 bits per heavy atom. The second kappa shape index (κ2) is 18.4. The van der Waals surface area contributed by atoms with Gasteiger partial charge in [0.25, 0.3) is 0 Å². The molecule has 0 atom stereocenters. The zero-order valence-corrected chi connectivity index (χ0v) is 24.3. The summed E-state index contributed by atoms with van der Waals surface area (Å²) in [5.74, 6) is 2.78. The molecule has 2 aliphatic carbocycles. The van der Waals surface area contributed by atoms with E-state index in [4.69, 9.17) is 4.74 Å². The largest absolute Gasteiger partial charge is 0.378 e. The van der Waals surface area contributed by atoms with E-state index in [1.165, 1.54) is 147 Å². The summed E-state index contributed by atoms with van der Waals surface area (Å²) in [5, 5.41) is 0. The topological polar surface area (TPSA) is 9.23 Å². The van der Waals surface area contributed by atoms with Gasteiger partial charge in [-0.2, -0.15) is 0 Å². The lowest BCUT2D eigenvalue weighted by molar-refractivity contribution is 0.0204. The average Bonchev–Trinajstić information content (AvgIpc) is 2.92. The first kappa shape index (κ1) is 29.7. The molecule has 1 aromatic rings. The smallest absolute Gasteiger partial charge is 0.0575 e. The summed E-state index contributed by atoms with van der Waals surface area (Å²) in [5.41, 5.74) is 3.10. The summed E-state index contributed by atoms with van der Waals surface area (Å²) < 4.78 is 6.36. The van der Waals surface area contributed by atoms with Crippen LogP contribution >= 0.6 is 0 Å². The van der Waals surface area contributed by atoms with Crippen LogP contribution in [0.3, 0.4) is 0 Å². The quantitative estimate of drug-likeness (QED) is 0.184. The number of benzene rings is 1. The highest BCUT2D eigenvalue weighted by Crippen LogP contribution is 2.36. The fourth-order valence-electron chi connectivity index (χ4n) is 6.92. The molecule has 0 heterocycles. The molecule has 0 unspecified atom stereocenters. The summed E-state index contributed by atoms with van der Waals surface area (Å²) in [6, 6.07) is 9.65. The first-order valence-corrected chi connectivity index (χ1v) is 16.5. The van der Waals surface area contributed by atoms with Gasteiger partial charge in [-0.05, 0) is 80.2 Å². The van der Waals surface area contributed by atoms with E-state index in [0.717, 1.165) is 24.4 Å². The third-order valence-corrected chi connectivity index (χ3v) is 9.49. The number of ether oxygens (including phenoxy) is 1. The van der Waals surface area contributed by atoms with E-state index in [-0.39, 0.29) is 0 Å². The Morgan fingerprint density at radius 3 is 1.75 bits per heavy atom. The summed E-state index contributed by atoms with van der Waals surface area (Å²) in [4.78, 5) is 0. The van der Waals surface area contributed by atoms with Crippen molar-refractivity contribution in [3.63, 3.8) is 0 Å². The molecule has 3 rings (SSSR count). The third-order valence-electron chi connectivity index (χ3n) is 9.49. The van der Waals surface area contributed by atoms with E-state index < -0.39 is 0 Å². The molecule has 2 aliphatic rings. The molecule has 0 N–H and O–H groups in total. The summed E-state index contributed by atoms with van der Waals surface area (Å²) in [6.45, 7) is 5.61. The first-order chi connectivity index (χ1) is 17.8. The van der Waals surface area contributed by atoms with Crippen LogP contribution in [0.25, 0.3) is 0 Å². The summed E-state index contributed by atoms with van der Waals surface area (Å²) in [6.07, 6.45) is 31.2. The Kier molecular flexibility index (Phi) is 15.2. The molecule has 1 heteroatoms. The van der Waals surface area contributed by atoms with Crippen molar-refractivity contribution in [2.45, 2.75) is 167 Å². The van der Waals surface area contributed by atoms with Crippen molar-refractivity contribution in [2.75, 3.05) is 6.61 Å². The van der Waals surface area contributed by atoms with E-state index in [0.29, 0.717) is 6.10 Å². The Morgan fingerprint density at radius 2 is 1.14 bits per heavy atom. The van der Waals surface area contributed by atoms with Gasteiger partial charge in [0.05, 0.1) is 6.10 Å². The van der Waals surface area contributed by atoms with Crippen molar-refractivity contribution < 1.29 is 4.74 Å². The standard InChI is InChI=1S/C35H60O/c1-3-5-7-9-11-14-30-17-19-32(20-18-30)16-13-29-36-35-27-25-34(26-28-35)33-23-21-31(22-24-33)15-12-10-8-6-4-2/h21-24,30,32,34-35H,3-20,25-29H2,1-2H3/t30-,32-,34-,35-. The maximum atomic E-state index is 6.36. The fourth-order valence-corrected chi connectivity index (χ4v) is 6.92. The number of unbranched alkanes of at least 4 members (excludes halogenated alkanes) is 8. The minimum Gasteiger partial charge on any atom is -0.378 e. The predicted molar refractivity (Wildman–Crippen MR) is 158 cm³/mol. The van der Waals surface area contributed by atoms with E-state index in [2.05, 4.69) is 38.1 Å². The Bertz CT molecular complexity index is 633. The van der Waals surface area contributed by atoms with E-state index in [1.807, 2.05) is 0 Å². The van der Waals surface area contributed by atoms with Crippen LogP contribution in [0.15, 0.2) is 24.3 Å². The van der Waals surface area contributed by atoms with Gasteiger partial charge in [0.2, 0.25) is 0 Å². The lowest BCUT2D eigenvalue weighted by atomic mass is 9.78. The van der Waals surface area contributed by atoms with Gasteiger partial charge >= 0.3 is 0 Å². The molecular weight excluding hydrogens is 436 g/mol. The van der Waals surface area contributed by atoms with Crippen molar-refractivity contribution in [2.24, 2.45) is 11.8 Å². The van der Waals surface area contributed by atoms with Gasteiger partial charge in [-0.1, -0.05) is 128 Å². The molecule has 0 radical (unpaired) electrons. The Hall–Kier alpha value is -0.820. The Balaban J connectivity index is 1.19. The number of rotatable bonds is 18. The summed E-state index contributed by atoms with van der Waals surface area (Å²) in [7, 11) is 0. The van der Waals surface area contributed by atoms with Crippen LogP contribution in [0, 0.1) is 11.8 Å². The minimum atomic E-state index is 0.520. The van der Waals surface area contributed by atoms with Crippen LogP contribution in [-0.2, 0) is 11.2 Å². The monoisotopic (exact) mass is 496 g/mol. The van der Waals surface area contributed by atoms with Crippen LogP contribution in [0.4, 0.5) is 0 Å². The predicted octanol–water partition coefficient (Wildman–Crippen LogP) is 11.2. The van der Waals surface area contributed by atoms with Gasteiger partial charge in [-0.3, -0.25) is 0 Å². The van der Waals surface area contributed by atoms with Gasteiger partial charge in [-0.25, -0.2) is 0 Å². The van der Waals surface area contributed by atoms with Crippen molar-refractivity contribution in [1.29, 1.82) is 0 Å². The normalized spacial score (nSPS) is 24.7. The highest BCUT2D eigenvalue weighted by atomic mass is 16.5. The molecule has 1 aromatic carbocycles. The molecule has 0 bridgehead atoms. The molecular formula is C35H60O. The highest BCUT2D eigenvalue weighted by molar-refractivity contribution is 5.26. The lowest BCUT2D eigenvalue weighted by Crippen LogP contribution is -2.21. The maximum Gasteiger partial charge on any atom is 0.0575 e. The van der Waals surface area contributed by atoms with Gasteiger partial charge in [0.15, 0.2) is 0 Å². The third kappa shape index (κ3) is 11.7. The van der Waals surface area contributed by atoms with Crippen molar-refractivity contribution in [3.8, 4) is 0 Å². The first-order valence-electron chi connectivity index (χ1n) is 16.5. The number of hydrogen-bond donors (Lipinski definition) is 0. The fraction of sp³-hybridized carbons (Fsp3) is 0.829. The molecule has 36 heavy (non-hydrogen) atoms. The van der Waals surface area contributed by atoms with Crippen molar-refractivity contribution in [1.82, 2.24) is 0 Å². The van der Waals surface area contributed by atoms with Crippen molar-refractivity contribution >= 4 is 0 Å². The van der Waals surface area contributed by atoms with Crippen LogP contribution in [-0.4, -0.2) is 12.7 Å². The van der Waals surface area contributed by atoms with Gasteiger partial charge in [-0.15, -0.1) is 0 Å². The zero-order chi connectivity index (χ0) is 25.3. The molecule has 0 aromatic heterocycles. The maximum absolute atomic E-state index is 6.36. The van der Waals surface area contributed by atoms with E-state index in [9.17, 15) is 0 Å². The van der Waals surface area contributed by atoms with Crippen LogP contribution in [0.5, 0.6) is 0 Å². The minimum absolute atomic E-state index is 0.520. The highest BCUT2D eigenvalue weighted by Gasteiger charge is 2.24. The van der Waals surface area contributed by atoms with Gasteiger partial charge < -0.3 is 4.74 Å². The van der Waals surface area contributed by atoms with Crippen LogP contribution in [0.1, 0.15) is 166 Å². The van der Waals surface area contributed by atoms with Gasteiger partial charge in [0, 0.05) is 6.61 Å². The van der Waals surface area contributed by atoms with Crippen LogP contribution in [0.2, 0.25) is 0 Å². The lowest BCUT2D eigenvalue weighted by Gasteiger charge is -2.30. The SMILES string of the molecule is CCCCCCCc1ccc([C@H]2CC[C@H](OCCC[C@H]3CC[C@H](CCCCCCC)CC3)CC2)cc1. The molecule has 2 saturated carbocycles. The van der Waals surface area contributed by atoms with E-state index >= 15 is 0 Å². The van der Waals surface area contributed by atoms with Crippen molar-refractivity contribution in [3.05, 3.63) is 35.4 Å². The number of hydrogen-bond acceptors (Lipinski definition) is 1. The molecule has 2 fully saturated rings. The summed E-state index contributed by atoms with van der Waals surface area (Å²) >= 11 is 0. The molecule has 0 saturated heterocycles. The van der Waals surface area contributed by atoms with Gasteiger partial charge in [0.1, 0.15) is 0 Å².